The number of hydrogen-bond acceptors (Lipinski definition) is 8. The van der Waals surface area contributed by atoms with Crippen molar-refractivity contribution in [3.63, 3.8) is 0 Å². The van der Waals surface area contributed by atoms with Crippen LogP contribution in [0, 0.1) is 0 Å². The topological polar surface area (TPSA) is 159 Å². The van der Waals surface area contributed by atoms with Gasteiger partial charge in [-0.25, -0.2) is 19.0 Å². The Kier molecular flexibility index (Phi) is 4.62. The quantitative estimate of drug-likeness (QED) is 0.348. The molecule has 4 atom stereocenters. The first-order valence-corrected chi connectivity index (χ1v) is 7.89. The molecule has 0 bridgehead atoms. The monoisotopic (exact) mass is 357 g/mol. The molecule has 0 saturated carbocycles. The number of aromatic amines is 2. The van der Waals surface area contributed by atoms with Crippen molar-refractivity contribution in [1.29, 1.82) is 0 Å². The summed E-state index contributed by atoms with van der Waals surface area (Å²) in [6.07, 6.45) is -1.29. The molecule has 11 nitrogen and oxygen atoms in total. The zero-order chi connectivity index (χ0) is 18.2. The van der Waals surface area contributed by atoms with Gasteiger partial charge in [0.05, 0.1) is 25.4 Å². The summed E-state index contributed by atoms with van der Waals surface area (Å²) >= 11 is 0. The molecular formula is C14H19N3O8. The van der Waals surface area contributed by atoms with Crippen LogP contribution >= 0.6 is 0 Å². The largest absolute Gasteiger partial charge is 0.435 e. The van der Waals surface area contributed by atoms with E-state index in [1.807, 2.05) is 9.97 Å². The van der Waals surface area contributed by atoms with Gasteiger partial charge in [0, 0.05) is 13.3 Å². The lowest BCUT2D eigenvalue weighted by atomic mass is 9.95. The van der Waals surface area contributed by atoms with Crippen molar-refractivity contribution in [2.45, 2.75) is 50.2 Å². The average Bonchev–Trinajstić information content (AvgIpc) is 3.38. The summed E-state index contributed by atoms with van der Waals surface area (Å²) in [7, 11) is 0. The number of epoxide rings is 2. The number of carbonyl (C=O) groups is 1. The molecule has 138 valence electrons. The fourth-order valence-electron chi connectivity index (χ4n) is 2.87. The maximum absolute atomic E-state index is 12.3. The number of rotatable bonds is 8. The molecule has 11 heteroatoms. The molecule has 1 aromatic rings. The highest BCUT2D eigenvalue weighted by molar-refractivity contribution is 5.66. The van der Waals surface area contributed by atoms with E-state index >= 15 is 0 Å². The van der Waals surface area contributed by atoms with Crippen molar-refractivity contribution in [3.8, 4) is 0 Å². The van der Waals surface area contributed by atoms with E-state index in [0.29, 0.717) is 24.2 Å². The predicted molar refractivity (Wildman–Crippen MR) is 81.0 cm³/mol. The van der Waals surface area contributed by atoms with E-state index in [-0.39, 0.29) is 25.0 Å². The van der Waals surface area contributed by atoms with Gasteiger partial charge in [0.2, 0.25) is 5.72 Å². The van der Waals surface area contributed by atoms with Gasteiger partial charge in [0.1, 0.15) is 6.10 Å². The van der Waals surface area contributed by atoms with Crippen molar-refractivity contribution >= 4 is 5.97 Å². The Balaban J connectivity index is 2.07. The van der Waals surface area contributed by atoms with Crippen molar-refractivity contribution in [1.82, 2.24) is 14.5 Å². The summed E-state index contributed by atoms with van der Waals surface area (Å²) in [6, 6.07) is 0. The van der Waals surface area contributed by atoms with E-state index in [4.69, 9.17) is 14.2 Å². The standard InChI is InChI=1S/C14H19N3O8/c1-7(18)25-14(4-9-6-24-9,10(19)3-2-8-5-23-8)17-12(21)15-11(20)16-13(17)22/h8-10,19H,2-6H2,1H3,(H2,15,16,20,21,22). The average molecular weight is 357 g/mol. The van der Waals surface area contributed by atoms with Crippen molar-refractivity contribution in [2.75, 3.05) is 13.2 Å². The first kappa shape index (κ1) is 17.6. The molecule has 25 heavy (non-hydrogen) atoms. The molecule has 3 N–H and O–H groups in total. The van der Waals surface area contributed by atoms with Gasteiger partial charge in [-0.05, 0) is 12.8 Å². The van der Waals surface area contributed by atoms with E-state index < -0.39 is 34.9 Å². The number of ether oxygens (including phenoxy) is 3. The van der Waals surface area contributed by atoms with Gasteiger partial charge in [-0.1, -0.05) is 0 Å². The van der Waals surface area contributed by atoms with Crippen LogP contribution in [0.25, 0.3) is 0 Å². The van der Waals surface area contributed by atoms with Crippen LogP contribution in [0.2, 0.25) is 0 Å². The predicted octanol–water partition coefficient (Wildman–Crippen LogP) is -2.23. The second kappa shape index (κ2) is 6.58. The summed E-state index contributed by atoms with van der Waals surface area (Å²) in [5, 5.41) is 10.7. The lowest BCUT2D eigenvalue weighted by molar-refractivity contribution is -0.201. The third kappa shape index (κ3) is 3.89. The summed E-state index contributed by atoms with van der Waals surface area (Å²) in [5.74, 6) is -0.792. The zero-order valence-electron chi connectivity index (χ0n) is 13.5. The maximum atomic E-state index is 12.3. The number of aromatic nitrogens is 3. The molecule has 4 unspecified atom stereocenters. The Hall–Kier alpha value is -2.24. The molecule has 0 spiro atoms. The van der Waals surface area contributed by atoms with Crippen LogP contribution in [0.4, 0.5) is 0 Å². The molecule has 2 aliphatic rings. The van der Waals surface area contributed by atoms with Crippen LogP contribution in [0.15, 0.2) is 14.4 Å². The number of aliphatic hydroxyl groups excluding tert-OH is 1. The molecule has 2 fully saturated rings. The Morgan fingerprint density at radius 3 is 2.32 bits per heavy atom. The van der Waals surface area contributed by atoms with Crippen LogP contribution in [-0.4, -0.2) is 57.1 Å². The van der Waals surface area contributed by atoms with E-state index in [1.165, 1.54) is 0 Å². The molecule has 2 saturated heterocycles. The molecule has 0 aliphatic carbocycles. The Morgan fingerprint density at radius 2 is 1.84 bits per heavy atom. The lowest BCUT2D eigenvalue weighted by Crippen LogP contribution is -2.60. The lowest BCUT2D eigenvalue weighted by Gasteiger charge is -2.37. The van der Waals surface area contributed by atoms with Gasteiger partial charge >= 0.3 is 23.0 Å². The van der Waals surface area contributed by atoms with E-state index in [0.717, 1.165) is 6.92 Å². The Labute approximate surface area is 140 Å². The van der Waals surface area contributed by atoms with Crippen LogP contribution in [0.1, 0.15) is 26.2 Å². The number of nitrogens with one attached hydrogen (secondary N) is 2. The second-order valence-corrected chi connectivity index (χ2v) is 6.17. The highest BCUT2D eigenvalue weighted by atomic mass is 16.6. The fourth-order valence-corrected chi connectivity index (χ4v) is 2.87. The van der Waals surface area contributed by atoms with E-state index in [9.17, 15) is 24.3 Å². The summed E-state index contributed by atoms with van der Waals surface area (Å²) in [5.41, 5.74) is -5.15. The minimum atomic E-state index is -1.99. The Bertz CT molecular complexity index is 784. The first-order valence-electron chi connectivity index (χ1n) is 7.89. The summed E-state index contributed by atoms with van der Waals surface area (Å²) < 4.78 is 16.1. The van der Waals surface area contributed by atoms with E-state index in [2.05, 4.69) is 0 Å². The Morgan fingerprint density at radius 1 is 1.28 bits per heavy atom. The van der Waals surface area contributed by atoms with Crippen LogP contribution in [0.5, 0.6) is 0 Å². The highest BCUT2D eigenvalue weighted by Gasteiger charge is 2.50. The molecule has 2 aliphatic heterocycles. The molecule has 3 heterocycles. The van der Waals surface area contributed by atoms with Gasteiger partial charge in [-0.3, -0.25) is 14.8 Å². The number of esters is 1. The van der Waals surface area contributed by atoms with Crippen molar-refractivity contribution < 1.29 is 24.1 Å². The second-order valence-electron chi connectivity index (χ2n) is 6.17. The van der Waals surface area contributed by atoms with Gasteiger partial charge < -0.3 is 19.3 Å². The van der Waals surface area contributed by atoms with Gasteiger partial charge in [-0.2, -0.15) is 0 Å². The minimum Gasteiger partial charge on any atom is -0.435 e. The molecule has 0 radical (unpaired) electrons. The third-order valence-electron chi connectivity index (χ3n) is 4.15. The molecule has 1 aromatic heterocycles. The molecule has 0 amide bonds. The highest BCUT2D eigenvalue weighted by Crippen LogP contribution is 2.34. The number of H-pyrrole nitrogens is 2. The number of nitrogens with zero attached hydrogens (tertiary/aromatic N) is 1. The van der Waals surface area contributed by atoms with Gasteiger partial charge in [-0.15, -0.1) is 0 Å². The smallest absolute Gasteiger partial charge is 0.337 e. The van der Waals surface area contributed by atoms with Gasteiger partial charge in [0.25, 0.3) is 0 Å². The van der Waals surface area contributed by atoms with Gasteiger partial charge in [0.15, 0.2) is 0 Å². The first-order chi connectivity index (χ1) is 11.8. The van der Waals surface area contributed by atoms with Crippen molar-refractivity contribution in [2.24, 2.45) is 0 Å². The van der Waals surface area contributed by atoms with E-state index in [1.54, 1.807) is 0 Å². The summed E-state index contributed by atoms with van der Waals surface area (Å²) in [4.78, 5) is 51.3. The maximum Gasteiger partial charge on any atom is 0.337 e. The molecule has 3 rings (SSSR count). The third-order valence-corrected chi connectivity index (χ3v) is 4.15. The SMILES string of the molecule is CC(=O)OC(CC1CO1)(C(O)CCC1CO1)n1c(=O)[nH]c(=O)[nH]c1=O. The van der Waals surface area contributed by atoms with Crippen LogP contribution in [0.3, 0.4) is 0 Å². The molecule has 0 aromatic carbocycles. The summed E-state index contributed by atoms with van der Waals surface area (Å²) in [6.45, 7) is 2.01. The normalized spacial score (nSPS) is 25.0. The molecular weight excluding hydrogens is 338 g/mol. The zero-order valence-corrected chi connectivity index (χ0v) is 13.5. The number of hydrogen-bond donors (Lipinski definition) is 3. The fraction of sp³-hybridized carbons (Fsp3) is 0.714. The number of aliphatic hydroxyl groups is 1. The van der Waals surface area contributed by atoms with Crippen LogP contribution < -0.4 is 17.1 Å². The van der Waals surface area contributed by atoms with Crippen molar-refractivity contribution in [3.05, 3.63) is 31.5 Å². The number of carbonyl (C=O) groups excluding carboxylic acids is 1. The minimum absolute atomic E-state index is 0.00700. The van der Waals surface area contributed by atoms with Crippen LogP contribution in [-0.2, 0) is 24.7 Å².